The second kappa shape index (κ2) is 9.91. The van der Waals surface area contributed by atoms with E-state index in [0.717, 1.165) is 24.1 Å². The first-order valence-corrected chi connectivity index (χ1v) is 9.85. The van der Waals surface area contributed by atoms with Crippen LogP contribution in [0.1, 0.15) is 42.9 Å². The van der Waals surface area contributed by atoms with Gasteiger partial charge in [0.15, 0.2) is 11.5 Å². The minimum absolute atomic E-state index is 0.0722. The first-order valence-electron chi connectivity index (χ1n) is 9.85. The molecule has 1 fully saturated rings. The van der Waals surface area contributed by atoms with Gasteiger partial charge < -0.3 is 14.8 Å². The highest BCUT2D eigenvalue weighted by Gasteiger charge is 2.18. The van der Waals surface area contributed by atoms with Crippen LogP contribution in [-0.4, -0.2) is 36.2 Å². The van der Waals surface area contributed by atoms with Gasteiger partial charge in [-0.2, -0.15) is 0 Å². The molecule has 0 bridgehead atoms. The fourth-order valence-corrected chi connectivity index (χ4v) is 3.54. The maximum absolute atomic E-state index is 12.3. The number of nitrogens with zero attached hydrogens (tertiary/aromatic N) is 2. The van der Waals surface area contributed by atoms with Crippen LogP contribution in [0.4, 0.5) is 0 Å². The number of hydrogen-bond donors (Lipinski definition) is 1. The summed E-state index contributed by atoms with van der Waals surface area (Å²) in [6.45, 7) is 0.728. The number of methoxy groups -OCH3 is 2. The number of aromatic nitrogens is 2. The molecule has 0 spiro atoms. The first kappa shape index (κ1) is 20.6. The molecule has 0 atom stereocenters. The molecule has 1 aromatic heterocycles. The SMILES string of the molecule is COc1ccc(/C=C/C(=O)NCCn2cnc(C3CCCC3)cc2=O)cc1OC. The van der Waals surface area contributed by atoms with E-state index in [9.17, 15) is 9.59 Å². The normalized spacial score (nSPS) is 14.3. The smallest absolute Gasteiger partial charge is 0.253 e. The van der Waals surface area contributed by atoms with Gasteiger partial charge in [0.1, 0.15) is 0 Å². The largest absolute Gasteiger partial charge is 0.493 e. The summed E-state index contributed by atoms with van der Waals surface area (Å²) in [4.78, 5) is 28.8. The van der Waals surface area contributed by atoms with Gasteiger partial charge in [0.25, 0.3) is 5.56 Å². The molecule has 7 nitrogen and oxygen atoms in total. The second-order valence-electron chi connectivity index (χ2n) is 7.07. The van der Waals surface area contributed by atoms with Crippen LogP contribution >= 0.6 is 0 Å². The lowest BCUT2D eigenvalue weighted by molar-refractivity contribution is -0.116. The Kier molecular flexibility index (Phi) is 7.05. The summed E-state index contributed by atoms with van der Waals surface area (Å²) >= 11 is 0. The van der Waals surface area contributed by atoms with Crippen molar-refractivity contribution in [3.8, 4) is 11.5 Å². The minimum Gasteiger partial charge on any atom is -0.493 e. The van der Waals surface area contributed by atoms with E-state index in [4.69, 9.17) is 9.47 Å². The van der Waals surface area contributed by atoms with Crippen molar-refractivity contribution in [2.75, 3.05) is 20.8 Å². The van der Waals surface area contributed by atoms with Gasteiger partial charge in [-0.05, 0) is 36.6 Å². The molecule has 0 radical (unpaired) electrons. The zero-order valence-electron chi connectivity index (χ0n) is 16.9. The average molecular weight is 397 g/mol. The maximum Gasteiger partial charge on any atom is 0.253 e. The molecule has 0 unspecified atom stereocenters. The summed E-state index contributed by atoms with van der Waals surface area (Å²) in [5.41, 5.74) is 1.64. The monoisotopic (exact) mass is 397 g/mol. The van der Waals surface area contributed by atoms with Gasteiger partial charge in [0, 0.05) is 31.1 Å². The Morgan fingerprint density at radius 3 is 2.66 bits per heavy atom. The van der Waals surface area contributed by atoms with E-state index >= 15 is 0 Å². The van der Waals surface area contributed by atoms with E-state index < -0.39 is 0 Å². The van der Waals surface area contributed by atoms with E-state index in [1.54, 1.807) is 44.8 Å². The lowest BCUT2D eigenvalue weighted by Crippen LogP contribution is -2.30. The molecule has 1 N–H and O–H groups in total. The van der Waals surface area contributed by atoms with Gasteiger partial charge in [0.2, 0.25) is 5.91 Å². The van der Waals surface area contributed by atoms with Crippen LogP contribution in [0, 0.1) is 0 Å². The van der Waals surface area contributed by atoms with Crippen LogP contribution < -0.4 is 20.3 Å². The molecule has 0 saturated heterocycles. The molecule has 2 aromatic rings. The van der Waals surface area contributed by atoms with Crippen molar-refractivity contribution in [3.63, 3.8) is 0 Å². The molecule has 1 aliphatic rings. The third-order valence-electron chi connectivity index (χ3n) is 5.16. The van der Waals surface area contributed by atoms with Gasteiger partial charge in [0.05, 0.1) is 26.2 Å². The van der Waals surface area contributed by atoms with Gasteiger partial charge in [-0.1, -0.05) is 18.9 Å². The highest BCUT2D eigenvalue weighted by molar-refractivity contribution is 5.91. The van der Waals surface area contributed by atoms with Gasteiger partial charge in [-0.15, -0.1) is 0 Å². The maximum atomic E-state index is 12.3. The second-order valence-corrected chi connectivity index (χ2v) is 7.07. The molecular formula is C22H27N3O4. The van der Waals surface area contributed by atoms with E-state index in [1.807, 2.05) is 6.07 Å². The van der Waals surface area contributed by atoms with E-state index in [0.29, 0.717) is 30.5 Å². The fraction of sp³-hybridized carbons (Fsp3) is 0.409. The minimum atomic E-state index is -0.233. The molecular weight excluding hydrogens is 370 g/mol. The molecule has 1 aliphatic carbocycles. The lowest BCUT2D eigenvalue weighted by Gasteiger charge is -2.10. The Bertz CT molecular complexity index is 930. The van der Waals surface area contributed by atoms with Crippen molar-refractivity contribution in [2.45, 2.75) is 38.1 Å². The number of hydrogen-bond acceptors (Lipinski definition) is 5. The average Bonchev–Trinajstić information content (AvgIpc) is 3.28. The molecule has 1 aromatic carbocycles. The summed E-state index contributed by atoms with van der Waals surface area (Å²) in [6, 6.07) is 7.04. The molecule has 1 heterocycles. The van der Waals surface area contributed by atoms with Crippen LogP contribution in [0.25, 0.3) is 6.08 Å². The highest BCUT2D eigenvalue weighted by atomic mass is 16.5. The molecule has 29 heavy (non-hydrogen) atoms. The molecule has 0 aliphatic heterocycles. The first-order chi connectivity index (χ1) is 14.1. The third-order valence-corrected chi connectivity index (χ3v) is 5.16. The quantitative estimate of drug-likeness (QED) is 0.693. The zero-order chi connectivity index (χ0) is 20.6. The standard InChI is InChI=1S/C22H27N3O4/c1-28-19-9-7-16(13-20(19)29-2)8-10-21(26)23-11-12-25-15-24-18(14-22(25)27)17-5-3-4-6-17/h7-10,13-15,17H,3-6,11-12H2,1-2H3,(H,23,26)/b10-8+. The Labute approximate surface area is 170 Å². The van der Waals surface area contributed by atoms with Crippen molar-refractivity contribution in [3.05, 3.63) is 58.3 Å². The summed E-state index contributed by atoms with van der Waals surface area (Å²) in [7, 11) is 3.14. The Morgan fingerprint density at radius 1 is 1.21 bits per heavy atom. The summed E-state index contributed by atoms with van der Waals surface area (Å²) in [5.74, 6) is 1.41. The molecule has 7 heteroatoms. The van der Waals surface area contributed by atoms with Crippen LogP contribution in [-0.2, 0) is 11.3 Å². The lowest BCUT2D eigenvalue weighted by atomic mass is 10.0. The van der Waals surface area contributed by atoms with Crippen molar-refractivity contribution in [2.24, 2.45) is 0 Å². The number of nitrogens with one attached hydrogen (secondary N) is 1. The predicted molar refractivity (Wildman–Crippen MR) is 111 cm³/mol. The Hall–Kier alpha value is -3.09. The van der Waals surface area contributed by atoms with Crippen molar-refractivity contribution in [1.29, 1.82) is 0 Å². The number of rotatable bonds is 8. The molecule has 154 valence electrons. The van der Waals surface area contributed by atoms with Gasteiger partial charge in [-0.3, -0.25) is 14.2 Å². The number of carbonyl (C=O) groups is 1. The van der Waals surface area contributed by atoms with Crippen LogP contribution in [0.15, 0.2) is 41.5 Å². The third kappa shape index (κ3) is 5.47. The number of amides is 1. The van der Waals surface area contributed by atoms with Crippen molar-refractivity contribution in [1.82, 2.24) is 14.9 Å². The number of carbonyl (C=O) groups excluding carboxylic acids is 1. The molecule has 1 amide bonds. The highest BCUT2D eigenvalue weighted by Crippen LogP contribution is 2.32. The zero-order valence-corrected chi connectivity index (χ0v) is 16.9. The Morgan fingerprint density at radius 2 is 1.97 bits per heavy atom. The summed E-state index contributed by atoms with van der Waals surface area (Å²) < 4.78 is 12.0. The topological polar surface area (TPSA) is 82.5 Å². The number of benzene rings is 1. The van der Waals surface area contributed by atoms with Gasteiger partial charge >= 0.3 is 0 Å². The predicted octanol–water partition coefficient (Wildman–Crippen LogP) is 2.75. The number of ether oxygens (including phenoxy) is 2. The van der Waals surface area contributed by atoms with E-state index in [-0.39, 0.29) is 11.5 Å². The summed E-state index contributed by atoms with van der Waals surface area (Å²) in [5, 5.41) is 2.78. The van der Waals surface area contributed by atoms with Crippen molar-refractivity contribution >= 4 is 12.0 Å². The molecule has 1 saturated carbocycles. The van der Waals surface area contributed by atoms with Crippen molar-refractivity contribution < 1.29 is 14.3 Å². The fourth-order valence-electron chi connectivity index (χ4n) is 3.54. The van der Waals surface area contributed by atoms with E-state index in [2.05, 4.69) is 10.3 Å². The van der Waals surface area contributed by atoms with Gasteiger partial charge in [-0.25, -0.2) is 4.98 Å². The summed E-state index contributed by atoms with van der Waals surface area (Å²) in [6.07, 6.45) is 9.36. The van der Waals surface area contributed by atoms with Crippen LogP contribution in [0.3, 0.4) is 0 Å². The van der Waals surface area contributed by atoms with Crippen LogP contribution in [0.2, 0.25) is 0 Å². The van der Waals surface area contributed by atoms with E-state index in [1.165, 1.54) is 23.5 Å². The Balaban J connectivity index is 1.51. The van der Waals surface area contributed by atoms with Crippen LogP contribution in [0.5, 0.6) is 11.5 Å². The molecule has 3 rings (SSSR count).